The first-order valence-electron chi connectivity index (χ1n) is 6.21. The number of carbonyl (C=O) groups excluding carboxylic acids is 1. The predicted octanol–water partition coefficient (Wildman–Crippen LogP) is 3.24. The Morgan fingerprint density at radius 1 is 1.44 bits per heavy atom. The maximum Gasteiger partial charge on any atom is 0.170 e. The molecule has 0 bridgehead atoms. The zero-order chi connectivity index (χ0) is 12.8. The minimum atomic E-state index is -0.379. The highest BCUT2D eigenvalue weighted by molar-refractivity contribution is 6.31. The van der Waals surface area contributed by atoms with Crippen LogP contribution in [-0.2, 0) is 4.74 Å². The number of fused-ring (bicyclic) bond motifs is 1. The van der Waals surface area contributed by atoms with Crippen LogP contribution in [0.4, 0.5) is 0 Å². The summed E-state index contributed by atoms with van der Waals surface area (Å²) >= 11 is 5.91. The highest BCUT2D eigenvalue weighted by atomic mass is 35.5. The van der Waals surface area contributed by atoms with Crippen molar-refractivity contribution in [3.05, 3.63) is 28.8 Å². The normalized spacial score (nSPS) is 31.0. The van der Waals surface area contributed by atoms with Crippen molar-refractivity contribution < 1.29 is 14.3 Å². The molecule has 1 aromatic rings. The average molecular weight is 267 g/mol. The number of carbonyl (C=O) groups is 1. The van der Waals surface area contributed by atoms with E-state index in [1.807, 2.05) is 6.92 Å². The molecule has 0 saturated carbocycles. The van der Waals surface area contributed by atoms with Crippen LogP contribution in [0.2, 0.25) is 5.02 Å². The van der Waals surface area contributed by atoms with E-state index in [2.05, 4.69) is 0 Å². The van der Waals surface area contributed by atoms with Crippen LogP contribution in [0.1, 0.15) is 36.5 Å². The van der Waals surface area contributed by atoms with E-state index >= 15 is 0 Å². The molecule has 0 N–H and O–H groups in total. The number of hydrogen-bond acceptors (Lipinski definition) is 3. The lowest BCUT2D eigenvalue weighted by Crippen LogP contribution is -2.48. The molecule has 96 valence electrons. The molecule has 4 heteroatoms. The third-order valence-electron chi connectivity index (χ3n) is 3.67. The van der Waals surface area contributed by atoms with Crippen LogP contribution in [-0.4, -0.2) is 24.1 Å². The maximum atomic E-state index is 12.2. The summed E-state index contributed by atoms with van der Waals surface area (Å²) in [7, 11) is 0. The first-order chi connectivity index (χ1) is 8.58. The number of benzene rings is 1. The topological polar surface area (TPSA) is 35.5 Å². The molecule has 2 aliphatic rings. The molecule has 18 heavy (non-hydrogen) atoms. The van der Waals surface area contributed by atoms with Gasteiger partial charge in [0.1, 0.15) is 11.4 Å². The number of ketones is 1. The van der Waals surface area contributed by atoms with Crippen LogP contribution < -0.4 is 4.74 Å². The van der Waals surface area contributed by atoms with Gasteiger partial charge in [0.25, 0.3) is 0 Å². The van der Waals surface area contributed by atoms with Crippen LogP contribution in [0.15, 0.2) is 18.2 Å². The fraction of sp³-hybridized carbons (Fsp3) is 0.500. The van der Waals surface area contributed by atoms with Crippen LogP contribution in [0.5, 0.6) is 5.75 Å². The van der Waals surface area contributed by atoms with Crippen molar-refractivity contribution in [1.29, 1.82) is 0 Å². The second-order valence-electron chi connectivity index (χ2n) is 5.16. The average Bonchev–Trinajstić information content (AvgIpc) is 2.30. The summed E-state index contributed by atoms with van der Waals surface area (Å²) in [6, 6.07) is 5.24. The van der Waals surface area contributed by atoms with Crippen LogP contribution in [0.3, 0.4) is 0 Å². The van der Waals surface area contributed by atoms with Crippen LogP contribution >= 0.6 is 11.6 Å². The summed E-state index contributed by atoms with van der Waals surface area (Å²) in [5.74, 6) is 0.776. The largest absolute Gasteiger partial charge is 0.486 e. The van der Waals surface area contributed by atoms with Crippen molar-refractivity contribution in [1.82, 2.24) is 0 Å². The third-order valence-corrected chi connectivity index (χ3v) is 3.91. The molecule has 2 unspecified atom stereocenters. The van der Waals surface area contributed by atoms with Crippen LogP contribution in [0.25, 0.3) is 0 Å². The predicted molar refractivity (Wildman–Crippen MR) is 68.4 cm³/mol. The summed E-state index contributed by atoms with van der Waals surface area (Å²) < 4.78 is 11.6. The highest BCUT2D eigenvalue weighted by Crippen LogP contribution is 2.40. The molecular formula is C14H15ClO3. The third kappa shape index (κ3) is 2.02. The molecule has 0 aromatic heterocycles. The molecule has 2 heterocycles. The monoisotopic (exact) mass is 266 g/mol. The van der Waals surface area contributed by atoms with Gasteiger partial charge in [0.2, 0.25) is 0 Å². The second kappa shape index (κ2) is 4.25. The number of Topliss-reactive ketones (excluding diaryl/α,β-unsaturated/α-hetero) is 1. The lowest BCUT2D eigenvalue weighted by Gasteiger charge is -2.42. The molecule has 0 amide bonds. The molecule has 3 nitrogen and oxygen atoms in total. The van der Waals surface area contributed by atoms with Crippen LogP contribution in [0, 0.1) is 0 Å². The quantitative estimate of drug-likeness (QED) is 0.723. The SMILES string of the molecule is CC1CC2(CCO1)CC(=O)c1cc(Cl)ccc1O2. The fourth-order valence-corrected chi connectivity index (χ4v) is 3.02. The van der Waals surface area contributed by atoms with Gasteiger partial charge in [0, 0.05) is 17.9 Å². The molecule has 0 aliphatic carbocycles. The Morgan fingerprint density at radius 3 is 3.06 bits per heavy atom. The lowest BCUT2D eigenvalue weighted by molar-refractivity contribution is -0.0849. The zero-order valence-corrected chi connectivity index (χ0v) is 11.0. The Labute approximate surface area is 111 Å². The smallest absolute Gasteiger partial charge is 0.170 e. The molecule has 1 aromatic carbocycles. The van der Waals surface area contributed by atoms with E-state index < -0.39 is 0 Å². The van der Waals surface area contributed by atoms with Gasteiger partial charge in [0.15, 0.2) is 5.78 Å². The summed E-state index contributed by atoms with van der Waals surface area (Å²) in [5.41, 5.74) is 0.225. The zero-order valence-electron chi connectivity index (χ0n) is 10.2. The molecular weight excluding hydrogens is 252 g/mol. The summed E-state index contributed by atoms with van der Waals surface area (Å²) in [4.78, 5) is 12.2. The standard InChI is InChI=1S/C14H15ClO3/c1-9-7-14(4-5-17-9)8-12(16)11-6-10(15)2-3-13(11)18-14/h2-3,6,9H,4-5,7-8H2,1H3. The van der Waals surface area contributed by atoms with Crippen molar-refractivity contribution in [2.45, 2.75) is 37.9 Å². The molecule has 1 saturated heterocycles. The van der Waals surface area contributed by atoms with Gasteiger partial charge in [-0.3, -0.25) is 4.79 Å². The summed E-state index contributed by atoms with van der Waals surface area (Å²) in [6.45, 7) is 2.67. The first-order valence-corrected chi connectivity index (χ1v) is 6.59. The molecule has 3 rings (SSSR count). The molecule has 2 aliphatic heterocycles. The minimum Gasteiger partial charge on any atom is -0.486 e. The van der Waals surface area contributed by atoms with E-state index in [9.17, 15) is 4.79 Å². The van der Waals surface area contributed by atoms with Crippen molar-refractivity contribution in [2.75, 3.05) is 6.61 Å². The Hall–Kier alpha value is -1.06. The Morgan fingerprint density at radius 2 is 2.28 bits per heavy atom. The second-order valence-corrected chi connectivity index (χ2v) is 5.60. The van der Waals surface area contributed by atoms with Gasteiger partial charge in [-0.2, -0.15) is 0 Å². The van der Waals surface area contributed by atoms with E-state index in [1.54, 1.807) is 18.2 Å². The van der Waals surface area contributed by atoms with E-state index in [0.29, 0.717) is 29.4 Å². The van der Waals surface area contributed by atoms with Gasteiger partial charge in [0.05, 0.1) is 24.7 Å². The van der Waals surface area contributed by atoms with E-state index in [4.69, 9.17) is 21.1 Å². The van der Waals surface area contributed by atoms with Gasteiger partial charge in [-0.15, -0.1) is 0 Å². The van der Waals surface area contributed by atoms with Gasteiger partial charge in [-0.25, -0.2) is 0 Å². The summed E-state index contributed by atoms with van der Waals surface area (Å²) in [5, 5.41) is 0.571. The number of rotatable bonds is 0. The highest BCUT2D eigenvalue weighted by Gasteiger charge is 2.43. The minimum absolute atomic E-state index is 0.118. The Balaban J connectivity index is 1.96. The number of ether oxygens (including phenoxy) is 2. The van der Waals surface area contributed by atoms with Crippen molar-refractivity contribution >= 4 is 17.4 Å². The summed E-state index contributed by atoms with van der Waals surface area (Å²) in [6.07, 6.45) is 2.10. The molecule has 2 atom stereocenters. The van der Waals surface area contributed by atoms with E-state index in [1.165, 1.54) is 0 Å². The van der Waals surface area contributed by atoms with E-state index in [0.717, 1.165) is 12.8 Å². The van der Waals surface area contributed by atoms with Crippen molar-refractivity contribution in [2.24, 2.45) is 0 Å². The maximum absolute atomic E-state index is 12.2. The number of hydrogen-bond donors (Lipinski definition) is 0. The number of halogens is 1. The first kappa shape index (κ1) is 12.0. The van der Waals surface area contributed by atoms with E-state index in [-0.39, 0.29) is 17.5 Å². The molecule has 0 radical (unpaired) electrons. The molecule has 1 fully saturated rings. The van der Waals surface area contributed by atoms with Gasteiger partial charge >= 0.3 is 0 Å². The van der Waals surface area contributed by atoms with Crippen molar-refractivity contribution in [3.8, 4) is 5.75 Å². The Kier molecular flexibility index (Phi) is 2.83. The van der Waals surface area contributed by atoms with Crippen molar-refractivity contribution in [3.63, 3.8) is 0 Å². The van der Waals surface area contributed by atoms with Gasteiger partial charge in [-0.1, -0.05) is 11.6 Å². The van der Waals surface area contributed by atoms with Gasteiger partial charge in [-0.05, 0) is 25.1 Å². The molecule has 1 spiro atoms. The lowest BCUT2D eigenvalue weighted by atomic mass is 9.82. The van der Waals surface area contributed by atoms with Gasteiger partial charge < -0.3 is 9.47 Å². The fourth-order valence-electron chi connectivity index (χ4n) is 2.85. The Bertz CT molecular complexity index is 500.